The number of aromatic nitrogens is 2. The number of nitrogens with zero attached hydrogens (tertiary/aromatic N) is 3. The molecule has 2 heterocycles. The van der Waals surface area contributed by atoms with Gasteiger partial charge < -0.3 is 10.2 Å². The molecule has 1 unspecified atom stereocenters. The van der Waals surface area contributed by atoms with Crippen molar-refractivity contribution in [1.29, 1.82) is 0 Å². The van der Waals surface area contributed by atoms with E-state index in [1.54, 1.807) is 11.1 Å². The maximum absolute atomic E-state index is 12.1. The first-order valence-corrected chi connectivity index (χ1v) is 7.02. The molecule has 5 nitrogen and oxygen atoms in total. The number of nitrogens with one attached hydrogen (secondary N) is 1. The second-order valence-electron chi connectivity index (χ2n) is 5.24. The van der Waals surface area contributed by atoms with Crippen molar-refractivity contribution in [2.45, 2.75) is 25.9 Å². The van der Waals surface area contributed by atoms with Crippen molar-refractivity contribution in [2.75, 3.05) is 11.9 Å². The number of carbonyl (C=O) groups excluding carboxylic acids is 1. The number of carbonyl (C=O) groups is 1. The Morgan fingerprint density at radius 2 is 2.14 bits per heavy atom. The van der Waals surface area contributed by atoms with Crippen molar-refractivity contribution < 1.29 is 4.79 Å². The van der Waals surface area contributed by atoms with Crippen molar-refractivity contribution in [3.8, 4) is 0 Å². The van der Waals surface area contributed by atoms with E-state index >= 15 is 0 Å². The summed E-state index contributed by atoms with van der Waals surface area (Å²) in [6.45, 7) is 2.50. The summed E-state index contributed by atoms with van der Waals surface area (Å²) >= 11 is 0. The molecule has 0 radical (unpaired) electrons. The number of rotatable bonds is 3. The third kappa shape index (κ3) is 2.78. The fourth-order valence-electron chi connectivity index (χ4n) is 2.66. The smallest absolute Gasteiger partial charge is 0.228 e. The molecule has 2 aromatic rings. The molecular formula is C16H18N4O. The van der Waals surface area contributed by atoms with Crippen molar-refractivity contribution >= 4 is 11.6 Å². The van der Waals surface area contributed by atoms with E-state index in [2.05, 4.69) is 21.4 Å². The summed E-state index contributed by atoms with van der Waals surface area (Å²) in [6, 6.07) is 9.94. The van der Waals surface area contributed by atoms with Crippen molar-refractivity contribution in [3.63, 3.8) is 0 Å². The van der Waals surface area contributed by atoms with Gasteiger partial charge in [-0.05, 0) is 24.6 Å². The maximum Gasteiger partial charge on any atom is 0.228 e. The van der Waals surface area contributed by atoms with Crippen LogP contribution in [0.25, 0.3) is 0 Å². The summed E-state index contributed by atoms with van der Waals surface area (Å²) in [4.78, 5) is 22.3. The lowest BCUT2D eigenvalue weighted by Crippen LogP contribution is -2.37. The molecule has 0 aliphatic carbocycles. The lowest BCUT2D eigenvalue weighted by atomic mass is 9.96. The van der Waals surface area contributed by atoms with Crippen molar-refractivity contribution in [3.05, 3.63) is 53.6 Å². The van der Waals surface area contributed by atoms with Gasteiger partial charge in [-0.1, -0.05) is 18.2 Å². The number of aryl methyl sites for hydroxylation is 1. The molecule has 0 saturated heterocycles. The van der Waals surface area contributed by atoms with Gasteiger partial charge in [-0.25, -0.2) is 9.97 Å². The largest absolute Gasteiger partial charge is 0.315 e. The van der Waals surface area contributed by atoms with Crippen LogP contribution in [-0.4, -0.2) is 22.9 Å². The highest BCUT2D eigenvalue weighted by atomic mass is 16.2. The molecule has 108 valence electrons. The van der Waals surface area contributed by atoms with Gasteiger partial charge in [0.25, 0.3) is 0 Å². The minimum atomic E-state index is 0.0279. The molecule has 0 fully saturated rings. The van der Waals surface area contributed by atoms with Crippen LogP contribution in [-0.2, 0) is 11.3 Å². The number of amides is 1. The van der Waals surface area contributed by atoms with E-state index in [1.807, 2.05) is 38.2 Å². The number of para-hydroxylation sites is 1. The van der Waals surface area contributed by atoms with Crippen LogP contribution >= 0.6 is 0 Å². The Kier molecular flexibility index (Phi) is 3.66. The highest BCUT2D eigenvalue weighted by Gasteiger charge is 2.28. The van der Waals surface area contributed by atoms with Crippen LogP contribution in [0.4, 0.5) is 5.69 Å². The Balaban J connectivity index is 1.80. The molecule has 1 aromatic heterocycles. The molecule has 5 heteroatoms. The van der Waals surface area contributed by atoms with Gasteiger partial charge in [0.05, 0.1) is 5.69 Å². The molecule has 3 rings (SSSR count). The van der Waals surface area contributed by atoms with Crippen LogP contribution in [0, 0.1) is 6.92 Å². The fourth-order valence-corrected chi connectivity index (χ4v) is 2.66. The van der Waals surface area contributed by atoms with Crippen LogP contribution in [0.1, 0.15) is 29.5 Å². The summed E-state index contributed by atoms with van der Waals surface area (Å²) in [6.07, 6.45) is 2.23. The first-order valence-electron chi connectivity index (χ1n) is 7.02. The van der Waals surface area contributed by atoms with Crippen LogP contribution in [0.15, 0.2) is 36.5 Å². The lowest BCUT2D eigenvalue weighted by molar-refractivity contribution is -0.119. The van der Waals surface area contributed by atoms with Gasteiger partial charge >= 0.3 is 0 Å². The first kappa shape index (κ1) is 13.7. The molecule has 1 N–H and O–H groups in total. The minimum absolute atomic E-state index is 0.0279. The number of hydrogen-bond donors (Lipinski definition) is 1. The number of benzene rings is 1. The Labute approximate surface area is 124 Å². The molecule has 0 spiro atoms. The van der Waals surface area contributed by atoms with Gasteiger partial charge in [-0.2, -0.15) is 0 Å². The van der Waals surface area contributed by atoms with Gasteiger partial charge in [0.2, 0.25) is 5.91 Å². The highest BCUT2D eigenvalue weighted by Crippen LogP contribution is 2.33. The quantitative estimate of drug-likeness (QED) is 0.935. The summed E-state index contributed by atoms with van der Waals surface area (Å²) in [5, 5.41) is 3.43. The van der Waals surface area contributed by atoms with Gasteiger partial charge in [-0.3, -0.25) is 4.79 Å². The Morgan fingerprint density at radius 3 is 2.95 bits per heavy atom. The predicted octanol–water partition coefficient (Wildman–Crippen LogP) is 1.98. The van der Waals surface area contributed by atoms with E-state index in [0.29, 0.717) is 13.0 Å². The zero-order valence-corrected chi connectivity index (χ0v) is 12.2. The Bertz CT molecular complexity index is 671. The molecule has 1 amide bonds. The molecule has 1 aliphatic heterocycles. The molecule has 0 saturated carbocycles. The van der Waals surface area contributed by atoms with Gasteiger partial charge in [0.15, 0.2) is 0 Å². The van der Waals surface area contributed by atoms with E-state index in [-0.39, 0.29) is 11.9 Å². The van der Waals surface area contributed by atoms with Gasteiger partial charge in [-0.15, -0.1) is 0 Å². The first-order chi connectivity index (χ1) is 10.1. The molecule has 1 atom stereocenters. The standard InChI is InChI=1S/C16H18N4O/c1-11-17-8-7-12(19-11)10-18-14-9-16(21)20(2)15-6-4-3-5-13(14)15/h3-8,14,18H,9-10H2,1-2H3. The SMILES string of the molecule is Cc1nccc(CNC2CC(=O)N(C)c3ccccc32)n1. The third-order valence-electron chi connectivity index (χ3n) is 3.79. The molecule has 0 bridgehead atoms. The van der Waals surface area contributed by atoms with Crippen molar-refractivity contribution in [1.82, 2.24) is 15.3 Å². The molecular weight excluding hydrogens is 264 g/mol. The van der Waals surface area contributed by atoms with Crippen LogP contribution < -0.4 is 10.2 Å². The zero-order valence-electron chi connectivity index (χ0n) is 12.2. The summed E-state index contributed by atoms with van der Waals surface area (Å²) in [5.41, 5.74) is 3.07. The van der Waals surface area contributed by atoms with E-state index in [4.69, 9.17) is 0 Å². The lowest BCUT2D eigenvalue weighted by Gasteiger charge is -2.32. The van der Waals surface area contributed by atoms with E-state index in [9.17, 15) is 4.79 Å². The van der Waals surface area contributed by atoms with Crippen LogP contribution in [0.5, 0.6) is 0 Å². The second-order valence-corrected chi connectivity index (χ2v) is 5.24. The average Bonchev–Trinajstić information content (AvgIpc) is 2.50. The normalized spacial score (nSPS) is 17.7. The fraction of sp³-hybridized carbons (Fsp3) is 0.312. The van der Waals surface area contributed by atoms with Gasteiger partial charge in [0.1, 0.15) is 5.82 Å². The summed E-state index contributed by atoms with van der Waals surface area (Å²) in [7, 11) is 1.82. The number of fused-ring (bicyclic) bond motifs is 1. The molecule has 21 heavy (non-hydrogen) atoms. The predicted molar refractivity (Wildman–Crippen MR) is 80.8 cm³/mol. The minimum Gasteiger partial charge on any atom is -0.315 e. The van der Waals surface area contributed by atoms with Crippen molar-refractivity contribution in [2.24, 2.45) is 0 Å². The zero-order chi connectivity index (χ0) is 14.8. The summed E-state index contributed by atoms with van der Waals surface area (Å²) < 4.78 is 0. The third-order valence-corrected chi connectivity index (χ3v) is 3.79. The Morgan fingerprint density at radius 1 is 1.33 bits per heavy atom. The van der Waals surface area contributed by atoms with Gasteiger partial charge in [0, 0.05) is 37.9 Å². The second kappa shape index (κ2) is 5.61. The number of hydrogen-bond acceptors (Lipinski definition) is 4. The monoisotopic (exact) mass is 282 g/mol. The number of anilines is 1. The Hall–Kier alpha value is -2.27. The highest BCUT2D eigenvalue weighted by molar-refractivity contribution is 5.96. The van der Waals surface area contributed by atoms with E-state index < -0.39 is 0 Å². The molecule has 1 aliphatic rings. The van der Waals surface area contributed by atoms with E-state index in [0.717, 1.165) is 22.8 Å². The van der Waals surface area contributed by atoms with E-state index in [1.165, 1.54) is 0 Å². The molecule has 1 aromatic carbocycles. The topological polar surface area (TPSA) is 58.1 Å². The summed E-state index contributed by atoms with van der Waals surface area (Å²) in [5.74, 6) is 0.888. The van der Waals surface area contributed by atoms with Crippen LogP contribution in [0.3, 0.4) is 0 Å². The van der Waals surface area contributed by atoms with Crippen LogP contribution in [0.2, 0.25) is 0 Å². The average molecular weight is 282 g/mol. The maximum atomic E-state index is 12.1.